The van der Waals surface area contributed by atoms with Crippen LogP contribution in [0, 0.1) is 5.82 Å². The van der Waals surface area contributed by atoms with Crippen molar-refractivity contribution in [2.45, 2.75) is 32.4 Å². The Morgan fingerprint density at radius 3 is 2.55 bits per heavy atom. The minimum Gasteiger partial charge on any atom is -0.447 e. The van der Waals surface area contributed by atoms with E-state index < -0.39 is 44.3 Å². The number of anilines is 1. The van der Waals surface area contributed by atoms with Crippen molar-refractivity contribution < 1.29 is 42.4 Å². The summed E-state index contributed by atoms with van der Waals surface area (Å²) in [5.74, 6) is -0.875. The van der Waals surface area contributed by atoms with E-state index in [1.165, 1.54) is 24.1 Å². The summed E-state index contributed by atoms with van der Waals surface area (Å²) in [5.41, 5.74) is 8.46. The number of nitrogens with one attached hydrogen (secondary N) is 4. The average Bonchev–Trinajstić information content (AvgIpc) is 3.00. The van der Waals surface area contributed by atoms with Crippen LogP contribution in [0.25, 0.3) is 10.8 Å². The van der Waals surface area contributed by atoms with Crippen molar-refractivity contribution in [1.29, 1.82) is 0 Å². The van der Waals surface area contributed by atoms with Gasteiger partial charge in [0.15, 0.2) is 0 Å². The van der Waals surface area contributed by atoms with Gasteiger partial charge in [0.25, 0.3) is 0 Å². The molecule has 16 nitrogen and oxygen atoms in total. The fourth-order valence-electron chi connectivity index (χ4n) is 4.23. The summed E-state index contributed by atoms with van der Waals surface area (Å²) >= 11 is 6.08. The van der Waals surface area contributed by atoms with Crippen molar-refractivity contribution in [1.82, 2.24) is 26.1 Å². The van der Waals surface area contributed by atoms with Crippen LogP contribution in [0.3, 0.4) is 0 Å². The number of aromatic nitrogens is 1. The Bertz CT molecular complexity index is 1630. The first-order chi connectivity index (χ1) is 22.3. The number of carbonyl (C=O) groups excluding carboxylic acids is 3. The molecule has 0 radical (unpaired) electrons. The lowest BCUT2D eigenvalue weighted by Gasteiger charge is -2.31. The number of rotatable bonds is 15. The molecule has 47 heavy (non-hydrogen) atoms. The minimum absolute atomic E-state index is 0.0197. The number of pyridine rings is 1. The summed E-state index contributed by atoms with van der Waals surface area (Å²) in [6, 6.07) is 11.7. The summed E-state index contributed by atoms with van der Waals surface area (Å²) in [6.45, 7) is 0.674. The standard InChI is InChI=1S/C28H35ClFN8O8P/c1-18(39)38(35-16-21-8-4-10-23(30)25(21)29)22(9-5-11-32-27(37-26(31)40)33-12-13-46-47(42,43)44)17-45-28(41)36-24-14-19-6-2-3-7-20(19)15-34-24/h2-4,6-8,10,14-15,22,35H,5,9,11-13,16-17H2,1H3,(H,34,36,41)(H2,42,43,44)(H4,31,32,33,37,40)/t22-/m0/s1. The zero-order chi connectivity index (χ0) is 34.4. The molecule has 4 amide bonds. The Labute approximate surface area is 274 Å². The molecule has 0 aliphatic heterocycles. The zero-order valence-corrected chi connectivity index (χ0v) is 26.8. The summed E-state index contributed by atoms with van der Waals surface area (Å²) in [6.07, 6.45) is 1.36. The molecular weight excluding hydrogens is 662 g/mol. The number of hydrazine groups is 1. The van der Waals surface area contributed by atoms with E-state index in [1.807, 2.05) is 24.3 Å². The highest BCUT2D eigenvalue weighted by atomic mass is 35.5. The molecule has 0 aliphatic rings. The van der Waals surface area contributed by atoms with E-state index in [-0.39, 0.29) is 49.5 Å². The number of carbonyl (C=O) groups is 3. The van der Waals surface area contributed by atoms with Crippen LogP contribution in [0.5, 0.6) is 0 Å². The molecule has 0 saturated heterocycles. The van der Waals surface area contributed by atoms with E-state index in [2.05, 4.69) is 35.9 Å². The summed E-state index contributed by atoms with van der Waals surface area (Å²) in [5, 5.41) is 10.9. The van der Waals surface area contributed by atoms with Gasteiger partial charge < -0.3 is 30.9 Å². The topological polar surface area (TPSA) is 230 Å². The van der Waals surface area contributed by atoms with E-state index in [0.29, 0.717) is 12.0 Å². The van der Waals surface area contributed by atoms with Crippen LogP contribution in [0.1, 0.15) is 25.3 Å². The smallest absolute Gasteiger partial charge is 0.447 e. The van der Waals surface area contributed by atoms with E-state index in [1.54, 1.807) is 18.3 Å². The summed E-state index contributed by atoms with van der Waals surface area (Å²) in [7, 11) is -4.68. The fraction of sp³-hybridized carbons (Fsp3) is 0.321. The second kappa shape index (κ2) is 18.1. The Morgan fingerprint density at radius 2 is 1.85 bits per heavy atom. The number of benzene rings is 2. The van der Waals surface area contributed by atoms with Crippen LogP contribution in [-0.4, -0.2) is 76.1 Å². The van der Waals surface area contributed by atoms with E-state index >= 15 is 0 Å². The van der Waals surface area contributed by atoms with Crippen LogP contribution in [0.4, 0.5) is 19.8 Å². The number of guanidine groups is 1. The molecule has 19 heteroatoms. The van der Waals surface area contributed by atoms with Crippen molar-refractivity contribution in [3.63, 3.8) is 0 Å². The summed E-state index contributed by atoms with van der Waals surface area (Å²) in [4.78, 5) is 62.2. The first-order valence-corrected chi connectivity index (χ1v) is 16.0. The van der Waals surface area contributed by atoms with Gasteiger partial charge in [0.05, 0.1) is 17.7 Å². The second-order valence-electron chi connectivity index (χ2n) is 9.85. The van der Waals surface area contributed by atoms with E-state index in [4.69, 9.17) is 31.9 Å². The summed E-state index contributed by atoms with van der Waals surface area (Å²) < 4.78 is 34.7. The molecule has 8 N–H and O–H groups in total. The molecule has 2 aromatic carbocycles. The van der Waals surface area contributed by atoms with Gasteiger partial charge in [0.1, 0.15) is 18.2 Å². The number of ether oxygens (including phenoxy) is 1. The Kier molecular flexibility index (Phi) is 14.3. The highest BCUT2D eigenvalue weighted by Crippen LogP contribution is 2.35. The first kappa shape index (κ1) is 37.1. The molecule has 3 rings (SSSR count). The molecule has 0 aliphatic carbocycles. The first-order valence-electron chi connectivity index (χ1n) is 14.1. The van der Waals surface area contributed by atoms with Gasteiger partial charge in [-0.25, -0.2) is 29.0 Å². The molecule has 0 bridgehead atoms. The maximum absolute atomic E-state index is 14.0. The number of phosphoric ester groups is 1. The molecule has 254 valence electrons. The number of amides is 4. The monoisotopic (exact) mass is 696 g/mol. The number of phosphoric acid groups is 1. The zero-order valence-electron chi connectivity index (χ0n) is 25.2. The van der Waals surface area contributed by atoms with E-state index in [0.717, 1.165) is 10.8 Å². The van der Waals surface area contributed by atoms with Gasteiger partial charge in [-0.15, -0.1) is 0 Å². The number of urea groups is 1. The predicted molar refractivity (Wildman–Crippen MR) is 172 cm³/mol. The minimum atomic E-state index is -4.68. The third-order valence-corrected chi connectivity index (χ3v) is 7.27. The van der Waals surface area contributed by atoms with Crippen LogP contribution >= 0.6 is 19.4 Å². The van der Waals surface area contributed by atoms with Gasteiger partial charge in [-0.1, -0.05) is 48.0 Å². The lowest BCUT2D eigenvalue weighted by atomic mass is 10.1. The SMILES string of the molecule is CC(=O)N(NCc1cccc(F)c1Cl)[C@@H](CCCN/C(=N\C(N)=O)NCCOP(=O)(O)O)COC(=O)Nc1cc2ccccc2cn1. The molecular formula is C28H35ClFN8O8P. The Hall–Kier alpha value is -4.38. The van der Waals surface area contributed by atoms with Crippen LogP contribution in [0.15, 0.2) is 59.7 Å². The number of hydrogen-bond donors (Lipinski definition) is 7. The van der Waals surface area contributed by atoms with Gasteiger partial charge >= 0.3 is 19.9 Å². The van der Waals surface area contributed by atoms with Gasteiger partial charge in [0.2, 0.25) is 11.9 Å². The molecule has 0 spiro atoms. The quantitative estimate of drug-likeness (QED) is 0.0400. The number of halogens is 2. The maximum Gasteiger partial charge on any atom is 0.469 e. The van der Waals surface area contributed by atoms with E-state index in [9.17, 15) is 23.3 Å². The van der Waals surface area contributed by atoms with Crippen molar-refractivity contribution >= 4 is 60.0 Å². The lowest BCUT2D eigenvalue weighted by Crippen LogP contribution is -2.51. The number of nitrogens with two attached hydrogens (primary N) is 1. The molecule has 1 aromatic heterocycles. The van der Waals surface area contributed by atoms with Gasteiger partial charge in [-0.2, -0.15) is 4.99 Å². The number of fused-ring (bicyclic) bond motifs is 1. The third kappa shape index (κ3) is 13.1. The van der Waals surface area contributed by atoms with Crippen molar-refractivity contribution in [3.8, 4) is 0 Å². The molecule has 0 saturated carbocycles. The largest absolute Gasteiger partial charge is 0.469 e. The molecule has 1 heterocycles. The maximum atomic E-state index is 14.0. The number of nitrogens with zero attached hydrogens (tertiary/aromatic N) is 3. The number of primary amides is 1. The van der Waals surface area contributed by atoms with Crippen LogP contribution in [-0.2, 0) is 25.2 Å². The molecule has 1 atom stereocenters. The molecule has 0 fully saturated rings. The van der Waals surface area contributed by atoms with Gasteiger partial charge in [0, 0.05) is 38.1 Å². The second-order valence-corrected chi connectivity index (χ2v) is 11.5. The average molecular weight is 697 g/mol. The van der Waals surface area contributed by atoms with Crippen molar-refractivity contribution in [2.24, 2.45) is 10.7 Å². The Morgan fingerprint density at radius 1 is 1.13 bits per heavy atom. The molecule has 3 aromatic rings. The number of aliphatic imine (C=N–C) groups is 1. The lowest BCUT2D eigenvalue weighted by molar-refractivity contribution is -0.136. The van der Waals surface area contributed by atoms with Crippen LogP contribution < -0.4 is 27.1 Å². The van der Waals surface area contributed by atoms with Crippen molar-refractivity contribution in [3.05, 3.63) is 71.1 Å². The van der Waals surface area contributed by atoms with Gasteiger partial charge in [-0.05, 0) is 35.9 Å². The Balaban J connectivity index is 1.66. The normalized spacial score (nSPS) is 12.3. The van der Waals surface area contributed by atoms with Crippen molar-refractivity contribution in [2.75, 3.05) is 31.6 Å². The highest BCUT2D eigenvalue weighted by Gasteiger charge is 2.24. The molecule has 0 unspecified atom stereocenters. The highest BCUT2D eigenvalue weighted by molar-refractivity contribution is 7.46. The van der Waals surface area contributed by atoms with Gasteiger partial charge in [-0.3, -0.25) is 19.6 Å². The number of hydrogen-bond acceptors (Lipinski definition) is 8. The fourth-order valence-corrected chi connectivity index (χ4v) is 4.76. The third-order valence-electron chi connectivity index (χ3n) is 6.33. The predicted octanol–water partition coefficient (Wildman–Crippen LogP) is 3.00. The van der Waals surface area contributed by atoms with Crippen LogP contribution in [0.2, 0.25) is 5.02 Å².